The number of nitrogens with one attached hydrogen (secondary N) is 2. The molecule has 0 aliphatic heterocycles. The Balaban J connectivity index is 1.99. The highest BCUT2D eigenvalue weighted by molar-refractivity contribution is 7.82. The topological polar surface area (TPSA) is 50.4 Å². The average molecular weight is 286 g/mol. The summed E-state index contributed by atoms with van der Waals surface area (Å²) in [6.45, 7) is 0. The summed E-state index contributed by atoms with van der Waals surface area (Å²) in [5, 5.41) is 5.59. The summed E-state index contributed by atoms with van der Waals surface area (Å²) in [5.41, 5.74) is 1.41. The van der Waals surface area contributed by atoms with E-state index in [0.717, 1.165) is 0 Å². The summed E-state index contributed by atoms with van der Waals surface area (Å²) in [6.07, 6.45) is 0. The van der Waals surface area contributed by atoms with E-state index in [1.54, 1.807) is 25.3 Å². The first-order valence-electron chi connectivity index (χ1n) is 6.00. The van der Waals surface area contributed by atoms with Gasteiger partial charge in [0.1, 0.15) is 5.75 Å². The maximum absolute atomic E-state index is 11.9. The normalized spacial score (nSPS) is 9.65. The lowest BCUT2D eigenvalue weighted by molar-refractivity contribution is -0.110. The third-order valence-electron chi connectivity index (χ3n) is 2.57. The lowest BCUT2D eigenvalue weighted by Crippen LogP contribution is -2.27. The number of benzene rings is 2. The van der Waals surface area contributed by atoms with Crippen molar-refractivity contribution in [3.05, 3.63) is 54.6 Å². The molecule has 4 nitrogen and oxygen atoms in total. The van der Waals surface area contributed by atoms with Gasteiger partial charge >= 0.3 is 0 Å². The maximum Gasteiger partial charge on any atom is 0.283 e. The van der Waals surface area contributed by atoms with Gasteiger partial charge < -0.3 is 15.4 Å². The van der Waals surface area contributed by atoms with Crippen LogP contribution in [0.15, 0.2) is 54.6 Å². The first kappa shape index (κ1) is 14.0. The Hall–Kier alpha value is -2.40. The molecule has 102 valence electrons. The van der Waals surface area contributed by atoms with Crippen molar-refractivity contribution < 1.29 is 9.53 Å². The molecule has 0 saturated heterocycles. The molecule has 0 aliphatic rings. The van der Waals surface area contributed by atoms with Crippen LogP contribution >= 0.6 is 12.2 Å². The third kappa shape index (κ3) is 3.80. The second kappa shape index (κ2) is 6.68. The summed E-state index contributed by atoms with van der Waals surface area (Å²) in [7, 11) is 1.58. The van der Waals surface area contributed by atoms with Crippen LogP contribution in [-0.2, 0) is 4.79 Å². The van der Waals surface area contributed by atoms with Crippen molar-refractivity contribution in [2.75, 3.05) is 17.7 Å². The maximum atomic E-state index is 11.9. The molecule has 2 rings (SSSR count). The lowest BCUT2D eigenvalue weighted by Gasteiger charge is -2.09. The van der Waals surface area contributed by atoms with Crippen molar-refractivity contribution in [2.45, 2.75) is 0 Å². The molecular formula is C15H14N2O2S. The molecule has 1 amide bonds. The highest BCUT2D eigenvalue weighted by Crippen LogP contribution is 2.17. The minimum atomic E-state index is -0.353. The van der Waals surface area contributed by atoms with E-state index in [0.29, 0.717) is 17.1 Å². The fourth-order valence-electron chi connectivity index (χ4n) is 1.60. The molecule has 0 aromatic heterocycles. The molecular weight excluding hydrogens is 272 g/mol. The molecule has 2 N–H and O–H groups in total. The largest absolute Gasteiger partial charge is 0.497 e. The zero-order chi connectivity index (χ0) is 14.4. The number of hydrogen-bond donors (Lipinski definition) is 2. The van der Waals surface area contributed by atoms with Gasteiger partial charge in [-0.25, -0.2) is 0 Å². The number of methoxy groups -OCH3 is 1. The number of anilines is 2. The predicted molar refractivity (Wildman–Crippen MR) is 84.3 cm³/mol. The molecule has 2 aromatic carbocycles. The van der Waals surface area contributed by atoms with Gasteiger partial charge in [0.05, 0.1) is 7.11 Å². The summed E-state index contributed by atoms with van der Waals surface area (Å²) in [4.78, 5) is 12.0. The standard InChI is InChI=1S/C15H14N2O2S/c1-19-13-9-5-8-12(10-13)17-15(20)14(18)16-11-6-3-2-4-7-11/h2-10H,1H3,(H,16,18)(H,17,20). The summed E-state index contributed by atoms with van der Waals surface area (Å²) >= 11 is 5.07. The number of rotatable bonds is 3. The van der Waals surface area contributed by atoms with Gasteiger partial charge in [-0.15, -0.1) is 0 Å². The minimum Gasteiger partial charge on any atom is -0.497 e. The number of hydrogen-bond acceptors (Lipinski definition) is 3. The molecule has 0 aliphatic carbocycles. The van der Waals surface area contributed by atoms with Crippen LogP contribution in [0.2, 0.25) is 0 Å². The van der Waals surface area contributed by atoms with Gasteiger partial charge in [-0.1, -0.05) is 36.5 Å². The van der Waals surface area contributed by atoms with Gasteiger partial charge in [-0.05, 0) is 24.3 Å². The second-order valence-corrected chi connectivity index (χ2v) is 4.41. The zero-order valence-corrected chi connectivity index (χ0v) is 11.7. The number of carbonyl (C=O) groups is 1. The van der Waals surface area contributed by atoms with Crippen LogP contribution in [0.25, 0.3) is 0 Å². The zero-order valence-electron chi connectivity index (χ0n) is 10.9. The van der Waals surface area contributed by atoms with E-state index in [1.807, 2.05) is 36.4 Å². The Labute approximate surface area is 122 Å². The van der Waals surface area contributed by atoms with E-state index in [1.165, 1.54) is 0 Å². The van der Waals surface area contributed by atoms with E-state index in [-0.39, 0.29) is 10.9 Å². The molecule has 2 aromatic rings. The van der Waals surface area contributed by atoms with Gasteiger partial charge in [0.2, 0.25) is 0 Å². The minimum absolute atomic E-state index is 0.0992. The van der Waals surface area contributed by atoms with Crippen LogP contribution in [-0.4, -0.2) is 18.0 Å². The Kier molecular flexibility index (Phi) is 4.68. The van der Waals surface area contributed by atoms with Gasteiger partial charge in [0.25, 0.3) is 5.91 Å². The van der Waals surface area contributed by atoms with Crippen molar-refractivity contribution in [3.63, 3.8) is 0 Å². The fourth-order valence-corrected chi connectivity index (χ4v) is 1.77. The number of thiocarbonyl (C=S) groups is 1. The predicted octanol–water partition coefficient (Wildman–Crippen LogP) is 3.07. The summed E-state index contributed by atoms with van der Waals surface area (Å²) in [6, 6.07) is 16.4. The van der Waals surface area contributed by atoms with E-state index >= 15 is 0 Å². The fraction of sp³-hybridized carbons (Fsp3) is 0.0667. The van der Waals surface area contributed by atoms with E-state index < -0.39 is 0 Å². The molecule has 0 saturated carbocycles. The molecule has 0 heterocycles. The Morgan fingerprint density at radius 1 is 1.00 bits per heavy atom. The van der Waals surface area contributed by atoms with Crippen molar-refractivity contribution in [1.29, 1.82) is 0 Å². The van der Waals surface area contributed by atoms with Gasteiger partial charge in [-0.2, -0.15) is 0 Å². The van der Waals surface area contributed by atoms with Gasteiger partial charge in [-0.3, -0.25) is 4.79 Å². The number of ether oxygens (including phenoxy) is 1. The van der Waals surface area contributed by atoms with Crippen LogP contribution in [0.4, 0.5) is 11.4 Å². The number of para-hydroxylation sites is 1. The number of amides is 1. The van der Waals surface area contributed by atoms with Crippen LogP contribution < -0.4 is 15.4 Å². The summed E-state index contributed by atoms with van der Waals surface area (Å²) in [5.74, 6) is 0.343. The molecule has 0 atom stereocenters. The molecule has 0 bridgehead atoms. The van der Waals surface area contributed by atoms with Crippen LogP contribution in [0.3, 0.4) is 0 Å². The highest BCUT2D eigenvalue weighted by Gasteiger charge is 2.09. The molecule has 5 heteroatoms. The average Bonchev–Trinajstić information content (AvgIpc) is 2.48. The van der Waals surface area contributed by atoms with E-state index in [4.69, 9.17) is 17.0 Å². The molecule has 0 spiro atoms. The smallest absolute Gasteiger partial charge is 0.283 e. The molecule has 0 fully saturated rings. The van der Waals surface area contributed by atoms with E-state index in [9.17, 15) is 4.79 Å². The van der Waals surface area contributed by atoms with Crippen LogP contribution in [0, 0.1) is 0 Å². The van der Waals surface area contributed by atoms with Crippen molar-refractivity contribution >= 4 is 34.5 Å². The molecule has 0 unspecified atom stereocenters. The first-order chi connectivity index (χ1) is 9.69. The first-order valence-corrected chi connectivity index (χ1v) is 6.41. The monoisotopic (exact) mass is 286 g/mol. The molecule has 20 heavy (non-hydrogen) atoms. The summed E-state index contributed by atoms with van der Waals surface area (Å²) < 4.78 is 5.11. The Morgan fingerprint density at radius 2 is 1.70 bits per heavy atom. The van der Waals surface area contributed by atoms with Gasteiger partial charge in [0.15, 0.2) is 4.99 Å². The van der Waals surface area contributed by atoms with Crippen molar-refractivity contribution in [3.8, 4) is 5.75 Å². The van der Waals surface area contributed by atoms with Crippen LogP contribution in [0.1, 0.15) is 0 Å². The van der Waals surface area contributed by atoms with Crippen molar-refractivity contribution in [2.24, 2.45) is 0 Å². The lowest BCUT2D eigenvalue weighted by atomic mass is 10.3. The third-order valence-corrected chi connectivity index (χ3v) is 2.85. The Bertz CT molecular complexity index is 614. The molecule has 0 radical (unpaired) electrons. The quantitative estimate of drug-likeness (QED) is 0.851. The van der Waals surface area contributed by atoms with Gasteiger partial charge in [0, 0.05) is 17.4 Å². The van der Waals surface area contributed by atoms with E-state index in [2.05, 4.69) is 10.6 Å². The Morgan fingerprint density at radius 3 is 2.40 bits per heavy atom. The number of carbonyl (C=O) groups excluding carboxylic acids is 1. The van der Waals surface area contributed by atoms with Crippen molar-refractivity contribution in [1.82, 2.24) is 0 Å². The SMILES string of the molecule is COc1cccc(NC(=S)C(=O)Nc2ccccc2)c1. The highest BCUT2D eigenvalue weighted by atomic mass is 32.1. The van der Waals surface area contributed by atoms with Crippen LogP contribution in [0.5, 0.6) is 5.75 Å². The second-order valence-electron chi connectivity index (χ2n) is 4.01.